The van der Waals surface area contributed by atoms with Crippen molar-refractivity contribution in [1.82, 2.24) is 24.5 Å². The Kier molecular flexibility index (Phi) is 5.79. The minimum Gasteiger partial charge on any atom is -0.343 e. The van der Waals surface area contributed by atoms with E-state index in [9.17, 15) is 4.79 Å². The van der Waals surface area contributed by atoms with Gasteiger partial charge in [-0.3, -0.25) is 14.4 Å². The van der Waals surface area contributed by atoms with Crippen LogP contribution < -0.4 is 0 Å². The first-order valence-corrected chi connectivity index (χ1v) is 9.68. The average Bonchev–Trinajstić information content (AvgIpc) is 3.24. The van der Waals surface area contributed by atoms with Gasteiger partial charge >= 0.3 is 0 Å². The molecule has 25 heavy (non-hydrogen) atoms. The van der Waals surface area contributed by atoms with Crippen LogP contribution in [0.2, 0.25) is 0 Å². The third-order valence-corrected chi connectivity index (χ3v) is 6.05. The summed E-state index contributed by atoms with van der Waals surface area (Å²) in [7, 11) is 4.15. The summed E-state index contributed by atoms with van der Waals surface area (Å²) >= 11 is 0. The zero-order chi connectivity index (χ0) is 17.9. The van der Waals surface area contributed by atoms with E-state index < -0.39 is 0 Å². The number of amides is 1. The molecule has 1 aromatic heterocycles. The number of piperidine rings is 1. The highest BCUT2D eigenvalue weighted by atomic mass is 16.2. The molecule has 1 unspecified atom stereocenters. The highest BCUT2D eigenvalue weighted by molar-refractivity contribution is 5.82. The SMILES string of the molecule is CCCN1CC2(CCN(C)CC2)CC1C(=O)N(C)CCn1cccn1. The van der Waals surface area contributed by atoms with Crippen molar-refractivity contribution < 1.29 is 4.79 Å². The number of likely N-dealkylation sites (tertiary alicyclic amines) is 2. The number of nitrogens with zero attached hydrogens (tertiary/aromatic N) is 5. The minimum absolute atomic E-state index is 0.0611. The topological polar surface area (TPSA) is 44.6 Å². The van der Waals surface area contributed by atoms with Crippen molar-refractivity contribution in [3.63, 3.8) is 0 Å². The van der Waals surface area contributed by atoms with Crippen molar-refractivity contribution in [1.29, 1.82) is 0 Å². The van der Waals surface area contributed by atoms with Crippen LogP contribution in [0.1, 0.15) is 32.6 Å². The number of aromatic nitrogens is 2. The molecule has 140 valence electrons. The standard InChI is InChI=1S/C19H33N5O/c1-4-9-23-16-19(6-11-21(2)12-7-19)15-17(23)18(25)22(3)13-14-24-10-5-8-20-24/h5,8,10,17H,4,6-7,9,11-16H2,1-3H3. The second-order valence-corrected chi connectivity index (χ2v) is 8.02. The molecule has 0 aliphatic carbocycles. The van der Waals surface area contributed by atoms with Crippen LogP contribution in [0.5, 0.6) is 0 Å². The lowest BCUT2D eigenvalue weighted by Gasteiger charge is -2.37. The third-order valence-electron chi connectivity index (χ3n) is 6.05. The van der Waals surface area contributed by atoms with Crippen LogP contribution in [-0.4, -0.2) is 83.2 Å². The monoisotopic (exact) mass is 347 g/mol. The van der Waals surface area contributed by atoms with E-state index in [1.165, 1.54) is 12.8 Å². The number of hydrogen-bond acceptors (Lipinski definition) is 4. The van der Waals surface area contributed by atoms with Crippen LogP contribution >= 0.6 is 0 Å². The Morgan fingerprint density at radius 1 is 1.32 bits per heavy atom. The van der Waals surface area contributed by atoms with Gasteiger partial charge in [0.2, 0.25) is 5.91 Å². The first-order chi connectivity index (χ1) is 12.0. The van der Waals surface area contributed by atoms with E-state index in [4.69, 9.17) is 0 Å². The number of rotatable bonds is 6. The van der Waals surface area contributed by atoms with Gasteiger partial charge in [0.25, 0.3) is 0 Å². The van der Waals surface area contributed by atoms with Gasteiger partial charge in [-0.05, 0) is 63.8 Å². The summed E-state index contributed by atoms with van der Waals surface area (Å²) in [5.41, 5.74) is 0.352. The highest BCUT2D eigenvalue weighted by Gasteiger charge is 2.47. The van der Waals surface area contributed by atoms with Gasteiger partial charge in [-0.1, -0.05) is 6.92 Å². The predicted octanol–water partition coefficient (Wildman–Crippen LogP) is 1.54. The normalized spacial score (nSPS) is 24.0. The van der Waals surface area contributed by atoms with Crippen LogP contribution in [0.15, 0.2) is 18.5 Å². The molecular formula is C19H33N5O. The molecule has 1 spiro atoms. The molecule has 1 aromatic rings. The Hall–Kier alpha value is -1.40. The fourth-order valence-electron chi connectivity index (χ4n) is 4.42. The maximum Gasteiger partial charge on any atom is 0.239 e. The fourth-order valence-corrected chi connectivity index (χ4v) is 4.42. The summed E-state index contributed by atoms with van der Waals surface area (Å²) < 4.78 is 1.89. The van der Waals surface area contributed by atoms with E-state index in [0.29, 0.717) is 12.0 Å². The highest BCUT2D eigenvalue weighted by Crippen LogP contribution is 2.43. The molecule has 2 aliphatic heterocycles. The molecule has 0 saturated carbocycles. The van der Waals surface area contributed by atoms with Gasteiger partial charge in [0, 0.05) is 32.5 Å². The summed E-state index contributed by atoms with van der Waals surface area (Å²) in [6.45, 7) is 8.13. The van der Waals surface area contributed by atoms with Gasteiger partial charge in [-0.2, -0.15) is 5.10 Å². The maximum atomic E-state index is 13.1. The van der Waals surface area contributed by atoms with Crippen LogP contribution in [0.3, 0.4) is 0 Å². The van der Waals surface area contributed by atoms with E-state index in [1.54, 1.807) is 6.20 Å². The maximum absolute atomic E-state index is 13.1. The van der Waals surface area contributed by atoms with Crippen molar-refractivity contribution in [3.05, 3.63) is 18.5 Å². The molecule has 6 heteroatoms. The summed E-state index contributed by atoms with van der Waals surface area (Å²) in [6, 6.07) is 1.98. The lowest BCUT2D eigenvalue weighted by molar-refractivity contribution is -0.134. The molecule has 0 radical (unpaired) electrons. The quantitative estimate of drug-likeness (QED) is 0.783. The van der Waals surface area contributed by atoms with Crippen LogP contribution in [0.4, 0.5) is 0 Å². The molecule has 1 amide bonds. The van der Waals surface area contributed by atoms with Gasteiger partial charge in [0.1, 0.15) is 0 Å². The molecular weight excluding hydrogens is 314 g/mol. The summed E-state index contributed by atoms with van der Waals surface area (Å²) in [5, 5.41) is 4.23. The molecule has 0 aromatic carbocycles. The van der Waals surface area contributed by atoms with Crippen molar-refractivity contribution in [2.75, 3.05) is 46.8 Å². The largest absolute Gasteiger partial charge is 0.343 e. The minimum atomic E-state index is 0.0611. The molecule has 3 rings (SSSR count). The smallest absolute Gasteiger partial charge is 0.239 e. The van der Waals surface area contributed by atoms with E-state index in [2.05, 4.69) is 28.9 Å². The molecule has 6 nitrogen and oxygen atoms in total. The molecule has 3 heterocycles. The molecule has 2 aliphatic rings. The lowest BCUT2D eigenvalue weighted by Crippen LogP contribution is -2.45. The molecule has 2 fully saturated rings. The summed E-state index contributed by atoms with van der Waals surface area (Å²) in [4.78, 5) is 19.9. The Morgan fingerprint density at radius 3 is 2.72 bits per heavy atom. The number of likely N-dealkylation sites (N-methyl/N-ethyl adjacent to an activating group) is 1. The van der Waals surface area contributed by atoms with Gasteiger partial charge in [0.05, 0.1) is 12.6 Å². The van der Waals surface area contributed by atoms with Crippen LogP contribution in [0.25, 0.3) is 0 Å². The Labute approximate surface area is 151 Å². The fraction of sp³-hybridized carbons (Fsp3) is 0.789. The van der Waals surface area contributed by atoms with Gasteiger partial charge in [-0.15, -0.1) is 0 Å². The van der Waals surface area contributed by atoms with Gasteiger partial charge in [0.15, 0.2) is 0 Å². The third kappa shape index (κ3) is 4.23. The summed E-state index contributed by atoms with van der Waals surface area (Å²) in [6.07, 6.45) is 8.33. The summed E-state index contributed by atoms with van der Waals surface area (Å²) in [5.74, 6) is 0.288. The van der Waals surface area contributed by atoms with E-state index in [1.807, 2.05) is 28.9 Å². The van der Waals surface area contributed by atoms with E-state index >= 15 is 0 Å². The second kappa shape index (κ2) is 7.87. The first kappa shape index (κ1) is 18.4. The van der Waals surface area contributed by atoms with Crippen LogP contribution in [-0.2, 0) is 11.3 Å². The van der Waals surface area contributed by atoms with Crippen LogP contribution in [0, 0.1) is 5.41 Å². The Morgan fingerprint density at radius 2 is 2.08 bits per heavy atom. The van der Waals surface area contributed by atoms with Crippen molar-refractivity contribution in [3.8, 4) is 0 Å². The van der Waals surface area contributed by atoms with Crippen molar-refractivity contribution in [2.45, 2.75) is 45.2 Å². The lowest BCUT2D eigenvalue weighted by atomic mass is 9.76. The van der Waals surface area contributed by atoms with Crippen molar-refractivity contribution in [2.24, 2.45) is 5.41 Å². The zero-order valence-corrected chi connectivity index (χ0v) is 16.0. The van der Waals surface area contributed by atoms with Crippen molar-refractivity contribution >= 4 is 5.91 Å². The van der Waals surface area contributed by atoms with E-state index in [0.717, 1.165) is 45.6 Å². The zero-order valence-electron chi connectivity index (χ0n) is 16.0. The second-order valence-electron chi connectivity index (χ2n) is 8.02. The number of carbonyl (C=O) groups excluding carboxylic acids is 1. The van der Waals surface area contributed by atoms with E-state index in [-0.39, 0.29) is 11.9 Å². The predicted molar refractivity (Wildman–Crippen MR) is 99.3 cm³/mol. The number of hydrogen-bond donors (Lipinski definition) is 0. The first-order valence-electron chi connectivity index (χ1n) is 9.68. The molecule has 1 atom stereocenters. The average molecular weight is 348 g/mol. The number of carbonyl (C=O) groups is 1. The Bertz CT molecular complexity index is 550. The van der Waals surface area contributed by atoms with Gasteiger partial charge < -0.3 is 9.80 Å². The Balaban J connectivity index is 1.62. The molecule has 0 bridgehead atoms. The molecule has 2 saturated heterocycles. The molecule has 0 N–H and O–H groups in total. The van der Waals surface area contributed by atoms with Gasteiger partial charge in [-0.25, -0.2) is 0 Å².